The number of rotatable bonds is 5. The Morgan fingerprint density at radius 2 is 1.09 bits per heavy atom. The SMILES string of the molecule is CC(C)NCCNC(C)C.Cl. The van der Waals surface area contributed by atoms with Gasteiger partial charge in [-0.2, -0.15) is 0 Å². The summed E-state index contributed by atoms with van der Waals surface area (Å²) in [4.78, 5) is 0. The fourth-order valence-electron chi connectivity index (χ4n) is 0.722. The maximum absolute atomic E-state index is 3.34. The summed E-state index contributed by atoms with van der Waals surface area (Å²) in [6.07, 6.45) is 0. The first-order valence-electron chi connectivity index (χ1n) is 4.09. The molecule has 70 valence electrons. The quantitative estimate of drug-likeness (QED) is 0.626. The van der Waals surface area contributed by atoms with Gasteiger partial charge in [-0.05, 0) is 0 Å². The lowest BCUT2D eigenvalue weighted by Gasteiger charge is -2.10. The Hall–Kier alpha value is 0.210. The number of hydrogen-bond donors (Lipinski definition) is 2. The van der Waals surface area contributed by atoms with Crippen molar-refractivity contribution in [1.82, 2.24) is 10.6 Å². The third-order valence-corrected chi connectivity index (χ3v) is 1.23. The van der Waals surface area contributed by atoms with Crippen LogP contribution in [0.1, 0.15) is 27.7 Å². The van der Waals surface area contributed by atoms with E-state index in [2.05, 4.69) is 38.3 Å². The molecule has 0 rings (SSSR count). The van der Waals surface area contributed by atoms with Gasteiger partial charge in [-0.1, -0.05) is 27.7 Å². The van der Waals surface area contributed by atoms with Crippen LogP contribution in [0.4, 0.5) is 0 Å². The molecule has 0 unspecified atom stereocenters. The summed E-state index contributed by atoms with van der Waals surface area (Å²) in [6.45, 7) is 10.8. The molecule has 11 heavy (non-hydrogen) atoms. The van der Waals surface area contributed by atoms with Crippen LogP contribution in [0.5, 0.6) is 0 Å². The van der Waals surface area contributed by atoms with Crippen molar-refractivity contribution >= 4 is 12.4 Å². The third kappa shape index (κ3) is 13.2. The van der Waals surface area contributed by atoms with Crippen LogP contribution < -0.4 is 10.6 Å². The molecule has 0 fully saturated rings. The molecule has 0 aliphatic rings. The topological polar surface area (TPSA) is 24.1 Å². The van der Waals surface area contributed by atoms with E-state index >= 15 is 0 Å². The monoisotopic (exact) mass is 180 g/mol. The number of halogens is 1. The van der Waals surface area contributed by atoms with Gasteiger partial charge < -0.3 is 10.6 Å². The van der Waals surface area contributed by atoms with Gasteiger partial charge in [0.15, 0.2) is 0 Å². The highest BCUT2D eigenvalue weighted by molar-refractivity contribution is 5.85. The number of hydrogen-bond acceptors (Lipinski definition) is 2. The standard InChI is InChI=1S/C8H20N2.ClH/c1-7(2)9-5-6-10-8(3)4;/h7-10H,5-6H2,1-4H3;1H. The molecule has 0 bridgehead atoms. The van der Waals surface area contributed by atoms with E-state index < -0.39 is 0 Å². The maximum atomic E-state index is 3.34. The fraction of sp³-hybridized carbons (Fsp3) is 1.00. The molecule has 0 amide bonds. The van der Waals surface area contributed by atoms with Crippen molar-refractivity contribution < 1.29 is 0 Å². The zero-order valence-electron chi connectivity index (χ0n) is 7.98. The summed E-state index contributed by atoms with van der Waals surface area (Å²) in [5.41, 5.74) is 0. The average Bonchev–Trinajstić information content (AvgIpc) is 1.79. The fourth-order valence-corrected chi connectivity index (χ4v) is 0.722. The average molecular weight is 181 g/mol. The van der Waals surface area contributed by atoms with Crippen molar-refractivity contribution in [3.63, 3.8) is 0 Å². The molecule has 0 aromatic rings. The van der Waals surface area contributed by atoms with Gasteiger partial charge in [0, 0.05) is 25.2 Å². The van der Waals surface area contributed by atoms with E-state index in [1.165, 1.54) is 0 Å². The maximum Gasteiger partial charge on any atom is 0.00791 e. The van der Waals surface area contributed by atoms with Gasteiger partial charge >= 0.3 is 0 Å². The lowest BCUT2D eigenvalue weighted by molar-refractivity contribution is 0.525. The summed E-state index contributed by atoms with van der Waals surface area (Å²) in [5, 5.41) is 6.68. The van der Waals surface area contributed by atoms with E-state index in [4.69, 9.17) is 0 Å². The predicted octanol–water partition coefficient (Wildman–Crippen LogP) is 1.40. The summed E-state index contributed by atoms with van der Waals surface area (Å²) in [5.74, 6) is 0. The van der Waals surface area contributed by atoms with E-state index in [1.807, 2.05) is 0 Å². The van der Waals surface area contributed by atoms with E-state index in [0.717, 1.165) is 13.1 Å². The van der Waals surface area contributed by atoms with Gasteiger partial charge in [0.2, 0.25) is 0 Å². The Bertz CT molecular complexity index is 64.5. The molecular formula is C8H21ClN2. The van der Waals surface area contributed by atoms with Crippen molar-refractivity contribution in [2.45, 2.75) is 39.8 Å². The van der Waals surface area contributed by atoms with Crippen molar-refractivity contribution in [1.29, 1.82) is 0 Å². The minimum Gasteiger partial charge on any atom is -0.313 e. The Morgan fingerprint density at radius 3 is 1.27 bits per heavy atom. The van der Waals surface area contributed by atoms with Gasteiger partial charge in [-0.3, -0.25) is 0 Å². The Balaban J connectivity index is 0. The molecular weight excluding hydrogens is 160 g/mol. The lowest BCUT2D eigenvalue weighted by atomic mass is 10.3. The van der Waals surface area contributed by atoms with Crippen LogP contribution in [0, 0.1) is 0 Å². The van der Waals surface area contributed by atoms with Gasteiger partial charge in [-0.15, -0.1) is 12.4 Å². The van der Waals surface area contributed by atoms with E-state index in [9.17, 15) is 0 Å². The van der Waals surface area contributed by atoms with Crippen molar-refractivity contribution in [3.8, 4) is 0 Å². The molecule has 0 aliphatic carbocycles. The van der Waals surface area contributed by atoms with Crippen molar-refractivity contribution in [2.75, 3.05) is 13.1 Å². The van der Waals surface area contributed by atoms with Gasteiger partial charge in [0.25, 0.3) is 0 Å². The van der Waals surface area contributed by atoms with Crippen LogP contribution in [0.2, 0.25) is 0 Å². The summed E-state index contributed by atoms with van der Waals surface area (Å²) in [6, 6.07) is 1.21. The van der Waals surface area contributed by atoms with E-state index in [-0.39, 0.29) is 12.4 Å². The van der Waals surface area contributed by atoms with Crippen LogP contribution >= 0.6 is 12.4 Å². The van der Waals surface area contributed by atoms with Crippen molar-refractivity contribution in [2.24, 2.45) is 0 Å². The molecule has 0 aromatic heterocycles. The first kappa shape index (κ1) is 13.8. The Kier molecular flexibility index (Phi) is 10.4. The molecule has 2 nitrogen and oxygen atoms in total. The number of nitrogens with one attached hydrogen (secondary N) is 2. The van der Waals surface area contributed by atoms with Crippen LogP contribution in [0.15, 0.2) is 0 Å². The van der Waals surface area contributed by atoms with Crippen LogP contribution in [0.3, 0.4) is 0 Å². The summed E-state index contributed by atoms with van der Waals surface area (Å²) < 4.78 is 0. The second kappa shape index (κ2) is 8.31. The molecule has 0 spiro atoms. The molecule has 0 saturated heterocycles. The second-order valence-corrected chi connectivity index (χ2v) is 3.22. The largest absolute Gasteiger partial charge is 0.313 e. The second-order valence-electron chi connectivity index (χ2n) is 3.22. The van der Waals surface area contributed by atoms with Crippen LogP contribution in [-0.2, 0) is 0 Å². The Morgan fingerprint density at radius 1 is 0.818 bits per heavy atom. The highest BCUT2D eigenvalue weighted by Crippen LogP contribution is 1.76. The minimum absolute atomic E-state index is 0. The zero-order chi connectivity index (χ0) is 7.98. The first-order chi connectivity index (χ1) is 4.63. The lowest BCUT2D eigenvalue weighted by Crippen LogP contribution is -2.34. The van der Waals surface area contributed by atoms with Gasteiger partial charge in [-0.25, -0.2) is 0 Å². The van der Waals surface area contributed by atoms with Crippen molar-refractivity contribution in [3.05, 3.63) is 0 Å². The van der Waals surface area contributed by atoms with Gasteiger partial charge in [0.1, 0.15) is 0 Å². The van der Waals surface area contributed by atoms with Crippen LogP contribution in [0.25, 0.3) is 0 Å². The smallest absolute Gasteiger partial charge is 0.00791 e. The molecule has 0 radical (unpaired) electrons. The minimum atomic E-state index is 0. The van der Waals surface area contributed by atoms with E-state index in [1.54, 1.807) is 0 Å². The molecule has 0 aromatic carbocycles. The molecule has 0 atom stereocenters. The third-order valence-electron chi connectivity index (χ3n) is 1.23. The molecule has 3 heteroatoms. The van der Waals surface area contributed by atoms with Crippen LogP contribution in [-0.4, -0.2) is 25.2 Å². The molecule has 2 N–H and O–H groups in total. The molecule has 0 aliphatic heterocycles. The Labute approximate surface area is 76.5 Å². The van der Waals surface area contributed by atoms with E-state index in [0.29, 0.717) is 12.1 Å². The summed E-state index contributed by atoms with van der Waals surface area (Å²) >= 11 is 0. The molecule has 0 heterocycles. The predicted molar refractivity (Wildman–Crippen MR) is 53.5 cm³/mol. The zero-order valence-corrected chi connectivity index (χ0v) is 8.79. The normalized spacial score (nSPS) is 10.4. The first-order valence-corrected chi connectivity index (χ1v) is 4.09. The molecule has 0 saturated carbocycles. The van der Waals surface area contributed by atoms with Gasteiger partial charge in [0.05, 0.1) is 0 Å². The summed E-state index contributed by atoms with van der Waals surface area (Å²) in [7, 11) is 0. The highest BCUT2D eigenvalue weighted by atomic mass is 35.5. The highest BCUT2D eigenvalue weighted by Gasteiger charge is 1.92.